The molecule has 1 aromatic carbocycles. The second-order valence-corrected chi connectivity index (χ2v) is 3.97. The monoisotopic (exact) mass is 243 g/mol. The first-order valence-electron chi connectivity index (χ1n) is 5.52. The number of benzene rings is 1. The molecule has 1 heterocycles. The number of ether oxygens (including phenoxy) is 2. The number of hydrogen-bond acceptors (Lipinski definition) is 3. The smallest absolute Gasteiger partial charge is 0.168 e. The summed E-state index contributed by atoms with van der Waals surface area (Å²) in [5.41, 5.74) is 0.224. The molecule has 1 fully saturated rings. The third-order valence-corrected chi connectivity index (χ3v) is 3.01. The Bertz CT molecular complexity index is 417. The zero-order valence-corrected chi connectivity index (χ0v) is 9.85. The zero-order valence-electron chi connectivity index (χ0n) is 9.85. The Morgan fingerprint density at radius 3 is 2.59 bits per heavy atom. The van der Waals surface area contributed by atoms with Gasteiger partial charge in [-0.1, -0.05) is 0 Å². The predicted octanol–water partition coefficient (Wildman–Crippen LogP) is 2.41. The fraction of sp³-hybridized carbons (Fsp3) is 0.500. The summed E-state index contributed by atoms with van der Waals surface area (Å²) in [4.78, 5) is 0. The maximum Gasteiger partial charge on any atom is 0.168 e. The third kappa shape index (κ3) is 2.07. The molecule has 0 amide bonds. The van der Waals surface area contributed by atoms with E-state index in [0.29, 0.717) is 0 Å². The Labute approximate surface area is 98.7 Å². The summed E-state index contributed by atoms with van der Waals surface area (Å²) >= 11 is 0. The highest BCUT2D eigenvalue weighted by atomic mass is 19.2. The Morgan fingerprint density at radius 1 is 1.29 bits per heavy atom. The molecular weight excluding hydrogens is 228 g/mol. The van der Waals surface area contributed by atoms with Gasteiger partial charge < -0.3 is 14.8 Å². The van der Waals surface area contributed by atoms with Crippen molar-refractivity contribution in [3.8, 4) is 11.5 Å². The molecule has 1 atom stereocenters. The van der Waals surface area contributed by atoms with Crippen LogP contribution in [0.25, 0.3) is 0 Å². The molecule has 0 aliphatic carbocycles. The third-order valence-electron chi connectivity index (χ3n) is 3.01. The summed E-state index contributed by atoms with van der Waals surface area (Å²) in [6.07, 6.45) is 1.70. The maximum absolute atomic E-state index is 13.9. The van der Waals surface area contributed by atoms with Gasteiger partial charge >= 0.3 is 0 Å². The van der Waals surface area contributed by atoms with Gasteiger partial charge in [-0.15, -0.1) is 0 Å². The van der Waals surface area contributed by atoms with Crippen molar-refractivity contribution in [2.75, 3.05) is 20.8 Å². The van der Waals surface area contributed by atoms with Crippen LogP contribution in [0.2, 0.25) is 0 Å². The van der Waals surface area contributed by atoms with Crippen LogP contribution in [0.5, 0.6) is 11.5 Å². The van der Waals surface area contributed by atoms with E-state index in [-0.39, 0.29) is 23.1 Å². The highest BCUT2D eigenvalue weighted by molar-refractivity contribution is 5.49. The first-order valence-corrected chi connectivity index (χ1v) is 5.52. The van der Waals surface area contributed by atoms with Crippen LogP contribution >= 0.6 is 0 Å². The SMILES string of the molecule is COc1cc(F)c(F)c(C2CCCN2)c1OC. The standard InChI is InChI=1S/C12H15F2NO2/c1-16-9-6-7(13)11(14)10(12(9)17-2)8-4-3-5-15-8/h6,8,15H,3-5H2,1-2H3. The lowest BCUT2D eigenvalue weighted by molar-refractivity contribution is 0.336. The summed E-state index contributed by atoms with van der Waals surface area (Å²) in [5, 5.41) is 3.12. The van der Waals surface area contributed by atoms with Crippen LogP contribution in [-0.4, -0.2) is 20.8 Å². The highest BCUT2D eigenvalue weighted by Gasteiger charge is 2.28. The van der Waals surface area contributed by atoms with Crippen LogP contribution in [0.3, 0.4) is 0 Å². The average molecular weight is 243 g/mol. The molecule has 3 nitrogen and oxygen atoms in total. The van der Waals surface area contributed by atoms with Crippen molar-refractivity contribution >= 4 is 0 Å². The van der Waals surface area contributed by atoms with Crippen molar-refractivity contribution in [3.63, 3.8) is 0 Å². The lowest BCUT2D eigenvalue weighted by atomic mass is 10.0. The first-order chi connectivity index (χ1) is 8.19. The molecule has 17 heavy (non-hydrogen) atoms. The fourth-order valence-electron chi connectivity index (χ4n) is 2.21. The van der Waals surface area contributed by atoms with E-state index in [1.165, 1.54) is 14.2 Å². The summed E-state index contributed by atoms with van der Waals surface area (Å²) in [7, 11) is 2.83. The molecule has 0 saturated carbocycles. The summed E-state index contributed by atoms with van der Waals surface area (Å²) in [6, 6.07) is 0.793. The molecule has 0 aromatic heterocycles. The van der Waals surface area contributed by atoms with Gasteiger partial charge in [0, 0.05) is 12.1 Å². The van der Waals surface area contributed by atoms with Crippen LogP contribution in [0.4, 0.5) is 8.78 Å². The van der Waals surface area contributed by atoms with Crippen molar-refractivity contribution in [1.82, 2.24) is 5.32 Å². The first kappa shape index (κ1) is 12.1. The Balaban J connectivity index is 2.56. The maximum atomic E-state index is 13.9. The van der Waals surface area contributed by atoms with Gasteiger partial charge in [-0.25, -0.2) is 8.78 Å². The number of methoxy groups -OCH3 is 2. The molecule has 2 rings (SSSR count). The summed E-state index contributed by atoms with van der Waals surface area (Å²) < 4.78 is 37.5. The number of rotatable bonds is 3. The van der Waals surface area contributed by atoms with E-state index < -0.39 is 11.6 Å². The normalized spacial score (nSPS) is 19.4. The highest BCUT2D eigenvalue weighted by Crippen LogP contribution is 2.40. The molecule has 0 bridgehead atoms. The number of halogens is 2. The summed E-state index contributed by atoms with van der Waals surface area (Å²) in [5.74, 6) is -1.28. The van der Waals surface area contributed by atoms with E-state index >= 15 is 0 Å². The molecule has 1 aromatic rings. The predicted molar refractivity (Wildman–Crippen MR) is 59.4 cm³/mol. The molecule has 94 valence electrons. The summed E-state index contributed by atoms with van der Waals surface area (Å²) in [6.45, 7) is 0.798. The van der Waals surface area contributed by atoms with E-state index in [0.717, 1.165) is 25.5 Å². The minimum Gasteiger partial charge on any atom is -0.493 e. The van der Waals surface area contributed by atoms with Gasteiger partial charge in [0.05, 0.1) is 19.8 Å². The molecule has 5 heteroatoms. The number of nitrogens with one attached hydrogen (secondary N) is 1. The van der Waals surface area contributed by atoms with Crippen molar-refractivity contribution in [2.24, 2.45) is 0 Å². The van der Waals surface area contributed by atoms with E-state index in [9.17, 15) is 8.78 Å². The van der Waals surface area contributed by atoms with Gasteiger partial charge in [0.1, 0.15) is 0 Å². The van der Waals surface area contributed by atoms with Crippen LogP contribution in [0, 0.1) is 11.6 Å². The van der Waals surface area contributed by atoms with Crippen LogP contribution < -0.4 is 14.8 Å². The fourth-order valence-corrected chi connectivity index (χ4v) is 2.21. The van der Waals surface area contributed by atoms with Gasteiger partial charge in [-0.2, -0.15) is 0 Å². The second kappa shape index (κ2) is 4.87. The number of hydrogen-bond donors (Lipinski definition) is 1. The molecule has 0 radical (unpaired) electrons. The molecule has 1 unspecified atom stereocenters. The van der Waals surface area contributed by atoms with E-state index in [4.69, 9.17) is 9.47 Å². The average Bonchev–Trinajstić information content (AvgIpc) is 2.85. The Hall–Kier alpha value is -1.36. The van der Waals surface area contributed by atoms with Gasteiger partial charge in [0.2, 0.25) is 0 Å². The van der Waals surface area contributed by atoms with Crippen molar-refractivity contribution < 1.29 is 18.3 Å². The van der Waals surface area contributed by atoms with Crippen molar-refractivity contribution in [3.05, 3.63) is 23.3 Å². The van der Waals surface area contributed by atoms with E-state index in [1.807, 2.05) is 0 Å². The Morgan fingerprint density at radius 2 is 2.06 bits per heavy atom. The lowest BCUT2D eigenvalue weighted by Crippen LogP contribution is -2.16. The quantitative estimate of drug-likeness (QED) is 0.884. The van der Waals surface area contributed by atoms with Crippen LogP contribution in [-0.2, 0) is 0 Å². The molecule has 1 aliphatic rings. The van der Waals surface area contributed by atoms with Crippen LogP contribution in [0.1, 0.15) is 24.4 Å². The van der Waals surface area contributed by atoms with Crippen LogP contribution in [0.15, 0.2) is 6.07 Å². The minimum atomic E-state index is -0.911. The molecule has 1 N–H and O–H groups in total. The molecule has 1 saturated heterocycles. The molecule has 0 spiro atoms. The van der Waals surface area contributed by atoms with Crippen molar-refractivity contribution in [2.45, 2.75) is 18.9 Å². The largest absolute Gasteiger partial charge is 0.493 e. The van der Waals surface area contributed by atoms with E-state index in [1.54, 1.807) is 0 Å². The van der Waals surface area contributed by atoms with Gasteiger partial charge in [0.25, 0.3) is 0 Å². The minimum absolute atomic E-state index is 0.213. The van der Waals surface area contributed by atoms with E-state index in [2.05, 4.69) is 5.32 Å². The Kier molecular flexibility index (Phi) is 3.47. The van der Waals surface area contributed by atoms with Crippen molar-refractivity contribution in [1.29, 1.82) is 0 Å². The molecular formula is C12H15F2NO2. The van der Waals surface area contributed by atoms with Gasteiger partial charge in [-0.05, 0) is 19.4 Å². The lowest BCUT2D eigenvalue weighted by Gasteiger charge is -2.18. The van der Waals surface area contributed by atoms with Gasteiger partial charge in [-0.3, -0.25) is 0 Å². The zero-order chi connectivity index (χ0) is 12.4. The van der Waals surface area contributed by atoms with Gasteiger partial charge in [0.15, 0.2) is 23.1 Å². The topological polar surface area (TPSA) is 30.5 Å². The second-order valence-electron chi connectivity index (χ2n) is 3.97. The molecule has 1 aliphatic heterocycles.